The highest BCUT2D eigenvalue weighted by atomic mass is 32.2. The van der Waals surface area contributed by atoms with Crippen molar-refractivity contribution < 1.29 is 13.2 Å². The predicted octanol–water partition coefficient (Wildman–Crippen LogP) is 2.71. The van der Waals surface area contributed by atoms with Crippen LogP contribution in [0.15, 0.2) is 29.2 Å². The second kappa shape index (κ2) is 10.8. The van der Waals surface area contributed by atoms with Crippen molar-refractivity contribution in [3.05, 3.63) is 29.8 Å². The molecular formula is C20H33N3O3S. The second-order valence-electron chi connectivity index (χ2n) is 6.98. The summed E-state index contributed by atoms with van der Waals surface area (Å²) in [5.41, 5.74) is 0.387. The quantitative estimate of drug-likeness (QED) is 0.653. The van der Waals surface area contributed by atoms with Crippen molar-refractivity contribution in [2.24, 2.45) is 0 Å². The molecule has 0 unspecified atom stereocenters. The molecule has 1 N–H and O–H groups in total. The number of amides is 1. The summed E-state index contributed by atoms with van der Waals surface area (Å²) < 4.78 is 26.6. The van der Waals surface area contributed by atoms with E-state index in [9.17, 15) is 13.2 Å². The topological polar surface area (TPSA) is 69.7 Å². The Balaban J connectivity index is 1.89. The van der Waals surface area contributed by atoms with Crippen LogP contribution in [0.3, 0.4) is 0 Å². The molecule has 7 heteroatoms. The van der Waals surface area contributed by atoms with Gasteiger partial charge in [0.2, 0.25) is 10.0 Å². The molecule has 0 aromatic heterocycles. The number of rotatable bonds is 9. The summed E-state index contributed by atoms with van der Waals surface area (Å²) in [5, 5.41) is 2.92. The van der Waals surface area contributed by atoms with E-state index in [1.807, 2.05) is 13.8 Å². The molecular weight excluding hydrogens is 362 g/mol. The Bertz CT molecular complexity index is 694. The van der Waals surface area contributed by atoms with Gasteiger partial charge in [0.1, 0.15) is 0 Å². The molecule has 0 atom stereocenters. The monoisotopic (exact) mass is 395 g/mol. The molecule has 0 aliphatic carbocycles. The molecule has 2 rings (SSSR count). The number of carbonyl (C=O) groups is 1. The molecule has 0 saturated carbocycles. The van der Waals surface area contributed by atoms with Crippen molar-refractivity contribution in [1.82, 2.24) is 14.5 Å². The van der Waals surface area contributed by atoms with Gasteiger partial charge in [-0.05, 0) is 57.1 Å². The molecule has 1 amide bonds. The van der Waals surface area contributed by atoms with Gasteiger partial charge in [-0.2, -0.15) is 4.31 Å². The van der Waals surface area contributed by atoms with Gasteiger partial charge in [-0.15, -0.1) is 0 Å². The molecule has 1 saturated heterocycles. The minimum absolute atomic E-state index is 0.170. The standard InChI is InChI=1S/C20H33N3O3S/c1-3-23(4-2)27(25,26)19-12-9-11-18(17-19)20(24)21-13-10-16-22-14-7-5-6-8-15-22/h9,11-12,17H,3-8,10,13-16H2,1-2H3,(H,21,24). The van der Waals surface area contributed by atoms with Gasteiger partial charge >= 0.3 is 0 Å². The Hall–Kier alpha value is -1.44. The molecule has 152 valence electrons. The first-order valence-electron chi connectivity index (χ1n) is 10.1. The molecule has 1 aliphatic rings. The van der Waals surface area contributed by atoms with Crippen LogP contribution < -0.4 is 5.32 Å². The van der Waals surface area contributed by atoms with E-state index < -0.39 is 10.0 Å². The summed E-state index contributed by atoms with van der Waals surface area (Å²) in [6.07, 6.45) is 6.07. The van der Waals surface area contributed by atoms with Crippen LogP contribution in [0.1, 0.15) is 56.3 Å². The largest absolute Gasteiger partial charge is 0.352 e. The van der Waals surface area contributed by atoms with Crippen LogP contribution in [-0.4, -0.2) is 62.8 Å². The van der Waals surface area contributed by atoms with Crippen molar-refractivity contribution in [3.8, 4) is 0 Å². The van der Waals surface area contributed by atoms with Crippen molar-refractivity contribution >= 4 is 15.9 Å². The third kappa shape index (κ3) is 6.30. The van der Waals surface area contributed by atoms with Crippen LogP contribution in [0.4, 0.5) is 0 Å². The molecule has 1 aromatic rings. The molecule has 1 heterocycles. The average molecular weight is 396 g/mol. The summed E-state index contributed by atoms with van der Waals surface area (Å²) in [4.78, 5) is 15.0. The van der Waals surface area contributed by atoms with E-state index in [2.05, 4.69) is 10.2 Å². The number of likely N-dealkylation sites (tertiary alicyclic amines) is 1. The first-order valence-corrected chi connectivity index (χ1v) is 11.5. The third-order valence-electron chi connectivity index (χ3n) is 5.07. The van der Waals surface area contributed by atoms with E-state index in [0.29, 0.717) is 25.2 Å². The number of benzene rings is 1. The predicted molar refractivity (Wildman–Crippen MR) is 108 cm³/mol. The normalized spacial score (nSPS) is 16.3. The van der Waals surface area contributed by atoms with E-state index in [4.69, 9.17) is 0 Å². The fraction of sp³-hybridized carbons (Fsp3) is 0.650. The maximum absolute atomic E-state index is 12.6. The second-order valence-corrected chi connectivity index (χ2v) is 8.92. The van der Waals surface area contributed by atoms with Crippen molar-refractivity contribution in [1.29, 1.82) is 0 Å². The molecule has 6 nitrogen and oxygen atoms in total. The highest BCUT2D eigenvalue weighted by Crippen LogP contribution is 2.17. The fourth-order valence-corrected chi connectivity index (χ4v) is 4.98. The highest BCUT2D eigenvalue weighted by molar-refractivity contribution is 7.89. The highest BCUT2D eigenvalue weighted by Gasteiger charge is 2.22. The zero-order valence-electron chi connectivity index (χ0n) is 16.6. The van der Waals surface area contributed by atoms with Crippen LogP contribution in [0.5, 0.6) is 0 Å². The first-order chi connectivity index (χ1) is 13.0. The molecule has 0 bridgehead atoms. The smallest absolute Gasteiger partial charge is 0.251 e. The van der Waals surface area contributed by atoms with Crippen molar-refractivity contribution in [3.63, 3.8) is 0 Å². The van der Waals surface area contributed by atoms with E-state index >= 15 is 0 Å². The molecule has 27 heavy (non-hydrogen) atoms. The van der Waals surface area contributed by atoms with Crippen LogP contribution in [0, 0.1) is 0 Å². The SMILES string of the molecule is CCN(CC)S(=O)(=O)c1cccc(C(=O)NCCCN2CCCCCC2)c1. The number of hydrogen-bond acceptors (Lipinski definition) is 4. The van der Waals surface area contributed by atoms with Crippen LogP contribution in [0.2, 0.25) is 0 Å². The molecule has 0 radical (unpaired) electrons. The average Bonchev–Trinajstić information content (AvgIpc) is 2.95. The molecule has 1 aliphatic heterocycles. The van der Waals surface area contributed by atoms with Gasteiger partial charge in [0.05, 0.1) is 4.90 Å². The molecule has 1 fully saturated rings. The lowest BCUT2D eigenvalue weighted by Crippen LogP contribution is -2.32. The zero-order valence-corrected chi connectivity index (χ0v) is 17.4. The Morgan fingerprint density at radius 3 is 2.41 bits per heavy atom. The minimum Gasteiger partial charge on any atom is -0.352 e. The number of sulfonamides is 1. The Morgan fingerprint density at radius 1 is 1.11 bits per heavy atom. The minimum atomic E-state index is -3.55. The zero-order chi connectivity index (χ0) is 19.7. The van der Waals surface area contributed by atoms with Gasteiger partial charge in [0.25, 0.3) is 5.91 Å². The van der Waals surface area contributed by atoms with Crippen LogP contribution in [-0.2, 0) is 10.0 Å². The summed E-state index contributed by atoms with van der Waals surface area (Å²) in [7, 11) is -3.55. The lowest BCUT2D eigenvalue weighted by Gasteiger charge is -2.19. The Morgan fingerprint density at radius 2 is 1.78 bits per heavy atom. The summed E-state index contributed by atoms with van der Waals surface area (Å²) in [6.45, 7) is 8.33. The summed E-state index contributed by atoms with van der Waals surface area (Å²) in [6, 6.07) is 6.30. The van der Waals surface area contributed by atoms with E-state index in [0.717, 1.165) is 26.1 Å². The number of nitrogens with zero attached hydrogens (tertiary/aromatic N) is 2. The van der Waals surface area contributed by atoms with E-state index in [1.165, 1.54) is 36.1 Å². The number of carbonyl (C=O) groups excluding carboxylic acids is 1. The van der Waals surface area contributed by atoms with Gasteiger partial charge in [-0.25, -0.2) is 8.42 Å². The van der Waals surface area contributed by atoms with Gasteiger partial charge in [-0.3, -0.25) is 4.79 Å². The lowest BCUT2D eigenvalue weighted by molar-refractivity contribution is 0.0951. The van der Waals surface area contributed by atoms with Gasteiger partial charge in [-0.1, -0.05) is 32.8 Å². The van der Waals surface area contributed by atoms with Gasteiger partial charge < -0.3 is 10.2 Å². The summed E-state index contributed by atoms with van der Waals surface area (Å²) >= 11 is 0. The first kappa shape index (κ1) is 21.9. The van der Waals surface area contributed by atoms with Crippen LogP contribution in [0.25, 0.3) is 0 Å². The van der Waals surface area contributed by atoms with Crippen LogP contribution >= 0.6 is 0 Å². The van der Waals surface area contributed by atoms with Crippen molar-refractivity contribution in [2.45, 2.75) is 50.8 Å². The number of hydrogen-bond donors (Lipinski definition) is 1. The van der Waals surface area contributed by atoms with Gasteiger partial charge in [0.15, 0.2) is 0 Å². The Labute approximate surface area is 164 Å². The maximum atomic E-state index is 12.6. The summed E-state index contributed by atoms with van der Waals surface area (Å²) in [5.74, 6) is -0.220. The molecule has 1 aromatic carbocycles. The van der Waals surface area contributed by atoms with Gasteiger partial charge in [0, 0.05) is 25.2 Å². The maximum Gasteiger partial charge on any atom is 0.251 e. The van der Waals surface area contributed by atoms with E-state index in [1.54, 1.807) is 18.2 Å². The number of nitrogens with one attached hydrogen (secondary N) is 1. The van der Waals surface area contributed by atoms with E-state index in [-0.39, 0.29) is 10.8 Å². The van der Waals surface area contributed by atoms with Crippen molar-refractivity contribution in [2.75, 3.05) is 39.3 Å². The molecule has 0 spiro atoms. The lowest BCUT2D eigenvalue weighted by atomic mass is 10.2. The third-order valence-corrected chi connectivity index (χ3v) is 7.12. The Kier molecular flexibility index (Phi) is 8.73. The fourth-order valence-electron chi connectivity index (χ4n) is 3.48.